The fourth-order valence-electron chi connectivity index (χ4n) is 1.80. The average Bonchev–Trinajstić information content (AvgIpc) is 2.45. The van der Waals surface area contributed by atoms with E-state index < -0.39 is 0 Å². The second-order valence-electron chi connectivity index (χ2n) is 5.31. The molecule has 0 saturated carbocycles. The minimum Gasteiger partial charge on any atom is -0.493 e. The van der Waals surface area contributed by atoms with Gasteiger partial charge >= 0.3 is 0 Å². The van der Waals surface area contributed by atoms with Gasteiger partial charge in [0.25, 0.3) is 5.91 Å². The van der Waals surface area contributed by atoms with Crippen molar-refractivity contribution in [3.8, 4) is 5.75 Å². The number of anilines is 1. The lowest BCUT2D eigenvalue weighted by atomic mass is 10.2. The molecule has 5 heteroatoms. The van der Waals surface area contributed by atoms with Crippen LogP contribution in [0.4, 0.5) is 5.69 Å². The lowest BCUT2D eigenvalue weighted by Gasteiger charge is -2.11. The largest absolute Gasteiger partial charge is 0.493 e. The highest BCUT2D eigenvalue weighted by Gasteiger charge is 2.11. The molecule has 0 bridgehead atoms. The predicted octanol–water partition coefficient (Wildman–Crippen LogP) is 5.28. The van der Waals surface area contributed by atoms with Crippen LogP contribution in [0.3, 0.4) is 0 Å². The van der Waals surface area contributed by atoms with E-state index in [1.54, 1.807) is 30.3 Å². The van der Waals surface area contributed by atoms with Crippen LogP contribution in [0.2, 0.25) is 10.0 Å². The second-order valence-corrected chi connectivity index (χ2v) is 6.15. The van der Waals surface area contributed by atoms with Crippen molar-refractivity contribution in [2.45, 2.75) is 13.8 Å². The third-order valence-electron chi connectivity index (χ3n) is 2.85. The molecule has 22 heavy (non-hydrogen) atoms. The molecule has 2 rings (SSSR count). The number of carbonyl (C=O) groups excluding carboxylic acids is 1. The minimum atomic E-state index is -0.289. The first-order chi connectivity index (χ1) is 10.5. The van der Waals surface area contributed by atoms with Crippen LogP contribution in [-0.2, 0) is 0 Å². The molecule has 0 unspecified atom stereocenters. The van der Waals surface area contributed by atoms with Gasteiger partial charge < -0.3 is 10.1 Å². The fourth-order valence-corrected chi connectivity index (χ4v) is 2.29. The van der Waals surface area contributed by atoms with Crippen LogP contribution < -0.4 is 10.1 Å². The maximum atomic E-state index is 12.2. The normalized spacial score (nSPS) is 10.6. The molecule has 1 amide bonds. The maximum Gasteiger partial charge on any atom is 0.257 e. The Balaban J connectivity index is 2.09. The Labute approximate surface area is 140 Å². The van der Waals surface area contributed by atoms with Crippen molar-refractivity contribution in [1.29, 1.82) is 0 Å². The summed E-state index contributed by atoms with van der Waals surface area (Å²) in [5.74, 6) is 0.863. The van der Waals surface area contributed by atoms with E-state index in [9.17, 15) is 4.79 Å². The molecule has 2 aromatic rings. The smallest absolute Gasteiger partial charge is 0.257 e. The number of hydrogen-bond acceptors (Lipinski definition) is 2. The molecular weight excluding hydrogens is 321 g/mol. The Bertz CT molecular complexity index is 671. The van der Waals surface area contributed by atoms with Gasteiger partial charge in [0.15, 0.2) is 0 Å². The number of benzene rings is 2. The summed E-state index contributed by atoms with van der Waals surface area (Å²) in [7, 11) is 0. The van der Waals surface area contributed by atoms with Crippen LogP contribution in [0.15, 0.2) is 42.5 Å². The Morgan fingerprint density at radius 1 is 1.18 bits per heavy atom. The van der Waals surface area contributed by atoms with E-state index in [-0.39, 0.29) is 5.91 Å². The summed E-state index contributed by atoms with van der Waals surface area (Å²) in [6.45, 7) is 4.78. The minimum absolute atomic E-state index is 0.289. The molecule has 0 aromatic heterocycles. The fraction of sp³-hybridized carbons (Fsp3) is 0.235. The van der Waals surface area contributed by atoms with Crippen molar-refractivity contribution in [2.75, 3.05) is 11.9 Å². The first-order valence-corrected chi connectivity index (χ1v) is 7.70. The van der Waals surface area contributed by atoms with Crippen LogP contribution in [0.1, 0.15) is 24.2 Å². The van der Waals surface area contributed by atoms with Crippen LogP contribution in [0.5, 0.6) is 5.75 Å². The molecule has 0 atom stereocenters. The third-order valence-corrected chi connectivity index (χ3v) is 3.40. The van der Waals surface area contributed by atoms with Crippen molar-refractivity contribution >= 4 is 34.8 Å². The molecule has 2 aromatic carbocycles. The van der Waals surface area contributed by atoms with Crippen molar-refractivity contribution in [2.24, 2.45) is 5.92 Å². The van der Waals surface area contributed by atoms with Crippen LogP contribution in [0, 0.1) is 5.92 Å². The summed E-state index contributed by atoms with van der Waals surface area (Å²) in [5.41, 5.74) is 1.02. The summed E-state index contributed by atoms with van der Waals surface area (Å²) in [6, 6.07) is 12.0. The van der Waals surface area contributed by atoms with Crippen molar-refractivity contribution in [3.05, 3.63) is 58.1 Å². The zero-order chi connectivity index (χ0) is 16.1. The van der Waals surface area contributed by atoms with E-state index in [0.717, 1.165) is 0 Å². The summed E-state index contributed by atoms with van der Waals surface area (Å²) in [6.07, 6.45) is 0. The van der Waals surface area contributed by atoms with E-state index in [1.165, 1.54) is 0 Å². The predicted molar refractivity (Wildman–Crippen MR) is 91.2 cm³/mol. The number of carbonyl (C=O) groups is 1. The standard InChI is InChI=1S/C17H17Cl2NO2/c1-11(2)10-22-14-5-3-4-13(9-14)20-17(21)15-7-6-12(18)8-16(15)19/h3-9,11H,10H2,1-2H3,(H,20,21). The summed E-state index contributed by atoms with van der Waals surface area (Å²) in [4.78, 5) is 12.2. The summed E-state index contributed by atoms with van der Waals surface area (Å²) >= 11 is 11.9. The molecule has 1 N–H and O–H groups in total. The van der Waals surface area contributed by atoms with E-state index in [0.29, 0.717) is 39.6 Å². The summed E-state index contributed by atoms with van der Waals surface area (Å²) < 4.78 is 5.64. The van der Waals surface area contributed by atoms with E-state index in [1.807, 2.05) is 12.1 Å². The van der Waals surface area contributed by atoms with Gasteiger partial charge in [-0.15, -0.1) is 0 Å². The van der Waals surface area contributed by atoms with E-state index >= 15 is 0 Å². The van der Waals surface area contributed by atoms with Crippen molar-refractivity contribution < 1.29 is 9.53 Å². The van der Waals surface area contributed by atoms with Gasteiger partial charge in [0, 0.05) is 16.8 Å². The number of ether oxygens (including phenoxy) is 1. The molecule has 0 aliphatic rings. The van der Waals surface area contributed by atoms with Crippen LogP contribution in [-0.4, -0.2) is 12.5 Å². The van der Waals surface area contributed by atoms with Gasteiger partial charge in [0.05, 0.1) is 17.2 Å². The number of amides is 1. The highest BCUT2D eigenvalue weighted by molar-refractivity contribution is 6.37. The molecule has 0 radical (unpaired) electrons. The number of rotatable bonds is 5. The van der Waals surface area contributed by atoms with Crippen molar-refractivity contribution in [1.82, 2.24) is 0 Å². The molecule has 116 valence electrons. The Hall–Kier alpha value is -1.71. The molecule has 0 aliphatic heterocycles. The zero-order valence-electron chi connectivity index (χ0n) is 12.4. The zero-order valence-corrected chi connectivity index (χ0v) is 13.9. The third kappa shape index (κ3) is 4.65. The van der Waals surface area contributed by atoms with Gasteiger partial charge in [-0.05, 0) is 36.2 Å². The van der Waals surface area contributed by atoms with Crippen LogP contribution >= 0.6 is 23.2 Å². The molecule has 3 nitrogen and oxygen atoms in total. The molecule has 0 heterocycles. The van der Waals surface area contributed by atoms with Gasteiger partial charge in [-0.25, -0.2) is 0 Å². The first-order valence-electron chi connectivity index (χ1n) is 6.95. The first kappa shape index (κ1) is 16.7. The monoisotopic (exact) mass is 337 g/mol. The van der Waals surface area contributed by atoms with Gasteiger partial charge in [-0.3, -0.25) is 4.79 Å². The SMILES string of the molecule is CC(C)COc1cccc(NC(=O)c2ccc(Cl)cc2Cl)c1. The Kier molecular flexibility index (Phi) is 5.69. The van der Waals surface area contributed by atoms with Gasteiger partial charge in [-0.2, -0.15) is 0 Å². The summed E-state index contributed by atoms with van der Waals surface area (Å²) in [5, 5.41) is 3.61. The second kappa shape index (κ2) is 7.52. The quantitative estimate of drug-likeness (QED) is 0.805. The topological polar surface area (TPSA) is 38.3 Å². The number of halogens is 2. The van der Waals surface area contributed by atoms with E-state index in [2.05, 4.69) is 19.2 Å². The van der Waals surface area contributed by atoms with Gasteiger partial charge in [0.1, 0.15) is 5.75 Å². The lowest BCUT2D eigenvalue weighted by Crippen LogP contribution is -2.12. The highest BCUT2D eigenvalue weighted by atomic mass is 35.5. The van der Waals surface area contributed by atoms with Crippen LogP contribution in [0.25, 0.3) is 0 Å². The Morgan fingerprint density at radius 2 is 1.95 bits per heavy atom. The Morgan fingerprint density at radius 3 is 2.64 bits per heavy atom. The van der Waals surface area contributed by atoms with Gasteiger partial charge in [0.2, 0.25) is 0 Å². The van der Waals surface area contributed by atoms with Crippen molar-refractivity contribution in [3.63, 3.8) is 0 Å². The van der Waals surface area contributed by atoms with Gasteiger partial charge in [-0.1, -0.05) is 43.1 Å². The molecule has 0 fully saturated rings. The highest BCUT2D eigenvalue weighted by Crippen LogP contribution is 2.23. The average molecular weight is 338 g/mol. The number of hydrogen-bond donors (Lipinski definition) is 1. The lowest BCUT2D eigenvalue weighted by molar-refractivity contribution is 0.102. The van der Waals surface area contributed by atoms with E-state index in [4.69, 9.17) is 27.9 Å². The number of nitrogens with one attached hydrogen (secondary N) is 1. The molecule has 0 saturated heterocycles. The molecule has 0 spiro atoms. The maximum absolute atomic E-state index is 12.2. The molecular formula is C17H17Cl2NO2. The molecule has 0 aliphatic carbocycles.